The van der Waals surface area contributed by atoms with Crippen molar-refractivity contribution < 1.29 is 27.4 Å². The quantitative estimate of drug-likeness (QED) is 0.802. The summed E-state index contributed by atoms with van der Waals surface area (Å²) in [6.07, 6.45) is -0.939. The molecule has 0 bridgehead atoms. The molecule has 0 unspecified atom stereocenters. The van der Waals surface area contributed by atoms with E-state index in [0.29, 0.717) is 0 Å². The number of rotatable bonds is 3. The van der Waals surface area contributed by atoms with Crippen molar-refractivity contribution in [2.45, 2.75) is 50.1 Å². The topological polar surface area (TPSA) is 116 Å². The number of amides is 1. The zero-order valence-electron chi connectivity index (χ0n) is 14.0. The van der Waals surface area contributed by atoms with Gasteiger partial charge in [-0.05, 0) is 46.8 Å². The molecule has 1 rings (SSSR count). The van der Waals surface area contributed by atoms with Crippen molar-refractivity contribution in [3.05, 3.63) is 17.7 Å². The number of halogens is 1. The van der Waals surface area contributed by atoms with Crippen LogP contribution in [0.15, 0.2) is 17.0 Å². The van der Waals surface area contributed by atoms with Gasteiger partial charge in [-0.3, -0.25) is 5.32 Å². The zero-order valence-corrected chi connectivity index (χ0v) is 14.8. The van der Waals surface area contributed by atoms with E-state index in [0.717, 1.165) is 26.0 Å². The average molecular weight is 358 g/mol. The first kappa shape index (κ1) is 19.7. The van der Waals surface area contributed by atoms with Gasteiger partial charge < -0.3 is 9.84 Å². The molecule has 2 N–H and O–H groups in total. The van der Waals surface area contributed by atoms with Crippen LogP contribution in [0.3, 0.4) is 0 Å². The number of ether oxygens (including phenoxy) is 1. The lowest BCUT2D eigenvalue weighted by atomic mass is 10.2. The first-order valence-corrected chi connectivity index (χ1v) is 8.38. The van der Waals surface area contributed by atoms with Gasteiger partial charge in [0.2, 0.25) is 14.8 Å². The Balaban J connectivity index is 3.44. The summed E-state index contributed by atoms with van der Waals surface area (Å²) in [4.78, 5) is 10.9. The summed E-state index contributed by atoms with van der Waals surface area (Å²) in [5.74, 6) is -0.925. The number of anilines is 1. The number of carbonyl (C=O) groups is 1. The fourth-order valence-electron chi connectivity index (χ4n) is 1.69. The molecule has 1 aromatic carbocycles. The predicted molar refractivity (Wildman–Crippen MR) is 85.1 cm³/mol. The van der Waals surface area contributed by atoms with Crippen LogP contribution in [0.25, 0.3) is 0 Å². The van der Waals surface area contributed by atoms with Gasteiger partial charge in [0.05, 0.1) is 11.3 Å². The molecule has 0 saturated heterocycles. The van der Waals surface area contributed by atoms with Crippen molar-refractivity contribution in [3.63, 3.8) is 0 Å². The second kappa shape index (κ2) is 6.28. The summed E-state index contributed by atoms with van der Waals surface area (Å²) in [5.41, 5.74) is -1.57. The fraction of sp³-hybridized carbons (Fsp3) is 0.467. The van der Waals surface area contributed by atoms with Crippen LogP contribution in [0.4, 0.5) is 14.9 Å². The number of hydrogen-bond acceptors (Lipinski definition) is 6. The Morgan fingerprint density at radius 2 is 1.83 bits per heavy atom. The molecule has 0 heterocycles. The number of alkyl halides is 1. The second-order valence-corrected chi connectivity index (χ2v) is 8.83. The molecular formula is C15H19FN2O5S. The van der Waals surface area contributed by atoms with Gasteiger partial charge >= 0.3 is 6.09 Å². The third-order valence-corrected chi connectivity index (χ3v) is 5.02. The van der Waals surface area contributed by atoms with Gasteiger partial charge in [-0.25, -0.2) is 17.6 Å². The summed E-state index contributed by atoms with van der Waals surface area (Å²) < 4.78 is 43.6. The van der Waals surface area contributed by atoms with Crippen LogP contribution in [0.2, 0.25) is 0 Å². The number of nitrogens with one attached hydrogen (secondary N) is 1. The minimum Gasteiger partial charge on any atom is -0.504 e. The number of carbonyl (C=O) groups excluding carboxylic acids is 1. The lowest BCUT2D eigenvalue weighted by Gasteiger charge is -2.21. The molecule has 0 aliphatic carbocycles. The highest BCUT2D eigenvalue weighted by Gasteiger charge is 2.40. The van der Waals surface area contributed by atoms with E-state index in [1.807, 2.05) is 0 Å². The van der Waals surface area contributed by atoms with Crippen LogP contribution in [0, 0.1) is 11.3 Å². The number of nitriles is 1. The van der Waals surface area contributed by atoms with Gasteiger partial charge in [0.25, 0.3) is 0 Å². The standard InChI is InChI=1S/C15H19FN2O5S/c1-14(2,3)23-13(20)18-10-7-6-9(8-17)12(11(10)19)24(21,22)15(4,5)16/h6-7,19H,1-5H3,(H,18,20). The van der Waals surface area contributed by atoms with Crippen LogP contribution in [-0.2, 0) is 14.6 Å². The Morgan fingerprint density at radius 1 is 1.29 bits per heavy atom. The van der Waals surface area contributed by atoms with Gasteiger partial charge in [0, 0.05) is 0 Å². The van der Waals surface area contributed by atoms with Crippen LogP contribution in [-0.4, -0.2) is 30.2 Å². The predicted octanol–water partition coefficient (Wildman–Crippen LogP) is 3.09. The van der Waals surface area contributed by atoms with Gasteiger partial charge in [-0.15, -0.1) is 0 Å². The third kappa shape index (κ3) is 4.14. The van der Waals surface area contributed by atoms with Crippen molar-refractivity contribution in [2.75, 3.05) is 5.32 Å². The minimum absolute atomic E-state index is 0.314. The van der Waals surface area contributed by atoms with Crippen molar-refractivity contribution in [3.8, 4) is 11.8 Å². The maximum atomic E-state index is 14.0. The number of aromatic hydroxyl groups is 1. The van der Waals surface area contributed by atoms with E-state index in [1.165, 1.54) is 0 Å². The van der Waals surface area contributed by atoms with Crippen molar-refractivity contribution >= 4 is 21.6 Å². The van der Waals surface area contributed by atoms with Crippen molar-refractivity contribution in [1.82, 2.24) is 0 Å². The zero-order chi connectivity index (χ0) is 18.9. The summed E-state index contributed by atoms with van der Waals surface area (Å²) in [6, 6.07) is 3.77. The first-order chi connectivity index (χ1) is 10.7. The van der Waals surface area contributed by atoms with E-state index in [9.17, 15) is 22.7 Å². The smallest absolute Gasteiger partial charge is 0.412 e. The maximum absolute atomic E-state index is 14.0. The second-order valence-electron chi connectivity index (χ2n) is 6.44. The van der Waals surface area contributed by atoms with Gasteiger partial charge in [-0.2, -0.15) is 5.26 Å². The van der Waals surface area contributed by atoms with E-state index in [2.05, 4.69) is 5.32 Å². The summed E-state index contributed by atoms with van der Waals surface area (Å²) in [5, 5.41) is 18.7. The minimum atomic E-state index is -4.67. The number of hydrogen-bond donors (Lipinski definition) is 2. The van der Waals surface area contributed by atoms with E-state index in [1.54, 1.807) is 26.8 Å². The van der Waals surface area contributed by atoms with Crippen LogP contribution >= 0.6 is 0 Å². The summed E-state index contributed by atoms with van der Waals surface area (Å²) in [7, 11) is -4.67. The van der Waals surface area contributed by atoms with Gasteiger partial charge in [-0.1, -0.05) is 0 Å². The molecule has 0 aliphatic heterocycles. The molecule has 0 aliphatic rings. The first-order valence-electron chi connectivity index (χ1n) is 6.90. The fourth-order valence-corrected chi connectivity index (χ4v) is 2.94. The highest BCUT2D eigenvalue weighted by atomic mass is 32.2. The monoisotopic (exact) mass is 358 g/mol. The Kier molecular flexibility index (Phi) is 5.16. The molecule has 1 aromatic rings. The molecule has 0 atom stereocenters. The maximum Gasteiger partial charge on any atom is 0.412 e. The molecule has 132 valence electrons. The number of benzene rings is 1. The van der Waals surface area contributed by atoms with Crippen LogP contribution in [0.1, 0.15) is 40.2 Å². The van der Waals surface area contributed by atoms with Gasteiger partial charge in [0.1, 0.15) is 16.6 Å². The lowest BCUT2D eigenvalue weighted by molar-refractivity contribution is 0.0635. The number of phenolic OH excluding ortho intramolecular Hbond substituents is 1. The Labute approximate surface area is 140 Å². The number of sulfone groups is 1. The van der Waals surface area contributed by atoms with E-state index >= 15 is 0 Å². The van der Waals surface area contributed by atoms with Crippen molar-refractivity contribution in [2.24, 2.45) is 0 Å². The van der Waals surface area contributed by atoms with E-state index < -0.39 is 42.7 Å². The normalized spacial score (nSPS) is 12.4. The molecule has 0 saturated carbocycles. The Bertz CT molecular complexity index is 799. The molecule has 0 spiro atoms. The molecule has 0 aromatic heterocycles. The lowest BCUT2D eigenvalue weighted by Crippen LogP contribution is -2.28. The van der Waals surface area contributed by atoms with Gasteiger partial charge in [0.15, 0.2) is 5.75 Å². The van der Waals surface area contributed by atoms with E-state index in [4.69, 9.17) is 10.00 Å². The van der Waals surface area contributed by atoms with Crippen LogP contribution < -0.4 is 5.32 Å². The summed E-state index contributed by atoms with van der Waals surface area (Å²) >= 11 is 0. The summed E-state index contributed by atoms with van der Waals surface area (Å²) in [6.45, 7) is 6.43. The molecule has 1 amide bonds. The Hall–Kier alpha value is -2.34. The van der Waals surface area contributed by atoms with Crippen LogP contribution in [0.5, 0.6) is 5.75 Å². The highest BCUT2D eigenvalue weighted by molar-refractivity contribution is 7.92. The molecule has 0 fully saturated rings. The number of nitrogens with zero attached hydrogens (tertiary/aromatic N) is 1. The molecule has 9 heteroatoms. The number of phenols is 1. The Morgan fingerprint density at radius 3 is 2.25 bits per heavy atom. The SMILES string of the molecule is CC(C)(C)OC(=O)Nc1ccc(C#N)c(S(=O)(=O)C(C)(C)F)c1O. The molecule has 24 heavy (non-hydrogen) atoms. The van der Waals surface area contributed by atoms with E-state index in [-0.39, 0.29) is 5.69 Å². The third-order valence-electron chi connectivity index (χ3n) is 2.80. The molecule has 7 nitrogen and oxygen atoms in total. The molecule has 0 radical (unpaired) electrons. The molecular weight excluding hydrogens is 339 g/mol. The average Bonchev–Trinajstić information content (AvgIpc) is 2.36. The van der Waals surface area contributed by atoms with Crippen molar-refractivity contribution in [1.29, 1.82) is 5.26 Å². The largest absolute Gasteiger partial charge is 0.504 e. The highest BCUT2D eigenvalue weighted by Crippen LogP contribution is 2.39.